The molecule has 1 aliphatic heterocycles. The zero-order valence-electron chi connectivity index (χ0n) is 16.5. The quantitative estimate of drug-likeness (QED) is 0.640. The highest BCUT2D eigenvalue weighted by atomic mass is 16.5. The van der Waals surface area contributed by atoms with E-state index in [0.29, 0.717) is 37.0 Å². The highest BCUT2D eigenvalue weighted by molar-refractivity contribution is 5.78. The Morgan fingerprint density at radius 1 is 1.24 bits per heavy atom. The minimum absolute atomic E-state index is 0.174. The molecule has 1 fully saturated rings. The third kappa shape index (κ3) is 4.99. The number of ether oxygens (including phenoxy) is 1. The molecule has 0 radical (unpaired) electrons. The van der Waals surface area contributed by atoms with Gasteiger partial charge in [-0.1, -0.05) is 35.0 Å². The predicted octanol–water partition coefficient (Wildman–Crippen LogP) is 3.30. The molecule has 3 heterocycles. The number of benzene rings is 1. The molecule has 1 amide bonds. The van der Waals surface area contributed by atoms with E-state index < -0.39 is 0 Å². The first-order valence-electron chi connectivity index (χ1n) is 9.86. The highest BCUT2D eigenvalue weighted by Crippen LogP contribution is 2.26. The van der Waals surface area contributed by atoms with Crippen LogP contribution in [0.1, 0.15) is 41.6 Å². The second-order valence-corrected chi connectivity index (χ2v) is 7.34. The molecule has 2 aromatic heterocycles. The molecule has 29 heavy (non-hydrogen) atoms. The van der Waals surface area contributed by atoms with E-state index >= 15 is 0 Å². The fourth-order valence-electron chi connectivity index (χ4n) is 3.57. The average Bonchev–Trinajstić information content (AvgIpc) is 3.22. The second kappa shape index (κ2) is 8.86. The lowest BCUT2D eigenvalue weighted by Gasteiger charge is -2.30. The first-order chi connectivity index (χ1) is 14.2. The normalized spacial score (nSPS) is 14.7. The van der Waals surface area contributed by atoms with Gasteiger partial charge in [-0.25, -0.2) is 0 Å². The number of hydrogen-bond donors (Lipinski definition) is 0. The molecule has 0 spiro atoms. The number of aromatic nitrogens is 3. The molecule has 0 atom stereocenters. The van der Waals surface area contributed by atoms with Crippen LogP contribution in [0.15, 0.2) is 53.3 Å². The summed E-state index contributed by atoms with van der Waals surface area (Å²) < 4.78 is 10.9. The lowest BCUT2D eigenvalue weighted by molar-refractivity contribution is -0.131. The van der Waals surface area contributed by atoms with Crippen molar-refractivity contribution in [3.8, 4) is 5.75 Å². The van der Waals surface area contributed by atoms with Crippen molar-refractivity contribution in [2.75, 3.05) is 13.1 Å². The van der Waals surface area contributed by atoms with Crippen LogP contribution in [-0.2, 0) is 17.8 Å². The van der Waals surface area contributed by atoms with E-state index in [4.69, 9.17) is 9.26 Å². The molecule has 1 aliphatic rings. The van der Waals surface area contributed by atoms with Crippen LogP contribution in [0.25, 0.3) is 0 Å². The molecular formula is C22H24N4O3. The fraction of sp³-hybridized carbons (Fsp3) is 0.364. The molecule has 3 aromatic rings. The van der Waals surface area contributed by atoms with Crippen molar-refractivity contribution >= 4 is 5.91 Å². The SMILES string of the molecule is Cc1cccc(CC(=O)N2CCC(c3noc(COc4cccnc4)n3)CC2)c1. The van der Waals surface area contributed by atoms with Gasteiger partial charge in [-0.15, -0.1) is 0 Å². The zero-order chi connectivity index (χ0) is 20.1. The number of piperidine rings is 1. The number of aryl methyl sites for hydroxylation is 1. The lowest BCUT2D eigenvalue weighted by Crippen LogP contribution is -2.39. The summed E-state index contributed by atoms with van der Waals surface area (Å²) in [5.41, 5.74) is 2.24. The number of nitrogens with zero attached hydrogens (tertiary/aromatic N) is 4. The second-order valence-electron chi connectivity index (χ2n) is 7.34. The highest BCUT2D eigenvalue weighted by Gasteiger charge is 2.27. The Bertz CT molecular complexity index is 949. The average molecular weight is 392 g/mol. The number of carbonyl (C=O) groups is 1. The Hall–Kier alpha value is -3.22. The standard InChI is InChI=1S/C22H24N4O3/c1-16-4-2-5-17(12-16)13-21(27)26-10-7-18(8-11-26)22-24-20(29-25-22)15-28-19-6-3-9-23-14-19/h2-6,9,12,14,18H,7-8,10-11,13,15H2,1H3. The largest absolute Gasteiger partial charge is 0.482 e. The van der Waals surface area contributed by atoms with Crippen LogP contribution in [0.4, 0.5) is 0 Å². The minimum atomic E-state index is 0.174. The van der Waals surface area contributed by atoms with Crippen molar-refractivity contribution in [1.29, 1.82) is 0 Å². The molecule has 0 saturated carbocycles. The maximum atomic E-state index is 12.6. The summed E-state index contributed by atoms with van der Waals surface area (Å²) in [6.07, 6.45) is 5.45. The van der Waals surface area contributed by atoms with E-state index in [1.165, 1.54) is 5.56 Å². The Morgan fingerprint density at radius 3 is 2.86 bits per heavy atom. The van der Waals surface area contributed by atoms with Gasteiger partial charge in [0.1, 0.15) is 5.75 Å². The topological polar surface area (TPSA) is 81.4 Å². The van der Waals surface area contributed by atoms with Crippen molar-refractivity contribution in [2.45, 2.75) is 38.7 Å². The Balaban J connectivity index is 1.27. The van der Waals surface area contributed by atoms with E-state index in [1.54, 1.807) is 12.4 Å². The van der Waals surface area contributed by atoms with E-state index in [1.807, 2.05) is 42.2 Å². The van der Waals surface area contributed by atoms with Crippen LogP contribution in [0.3, 0.4) is 0 Å². The van der Waals surface area contributed by atoms with Gasteiger partial charge >= 0.3 is 0 Å². The van der Waals surface area contributed by atoms with Crippen molar-refractivity contribution in [3.63, 3.8) is 0 Å². The molecule has 7 heteroatoms. The number of pyridine rings is 1. The lowest BCUT2D eigenvalue weighted by atomic mass is 9.95. The van der Waals surface area contributed by atoms with Crippen LogP contribution in [-0.4, -0.2) is 39.0 Å². The predicted molar refractivity (Wildman–Crippen MR) is 106 cm³/mol. The van der Waals surface area contributed by atoms with Gasteiger partial charge in [0.2, 0.25) is 5.91 Å². The Kier molecular flexibility index (Phi) is 5.84. The van der Waals surface area contributed by atoms with Gasteiger partial charge in [-0.2, -0.15) is 4.98 Å². The summed E-state index contributed by atoms with van der Waals surface area (Å²) in [6.45, 7) is 3.68. The van der Waals surface area contributed by atoms with Crippen molar-refractivity contribution < 1.29 is 14.1 Å². The summed E-state index contributed by atoms with van der Waals surface area (Å²) in [7, 11) is 0. The third-order valence-corrected chi connectivity index (χ3v) is 5.13. The van der Waals surface area contributed by atoms with Crippen LogP contribution in [0.2, 0.25) is 0 Å². The van der Waals surface area contributed by atoms with Gasteiger partial charge in [-0.3, -0.25) is 9.78 Å². The van der Waals surface area contributed by atoms with Gasteiger partial charge in [0.25, 0.3) is 5.89 Å². The number of likely N-dealkylation sites (tertiary alicyclic amines) is 1. The zero-order valence-corrected chi connectivity index (χ0v) is 16.5. The number of rotatable bonds is 6. The van der Waals surface area contributed by atoms with Gasteiger partial charge in [-0.05, 0) is 37.5 Å². The summed E-state index contributed by atoms with van der Waals surface area (Å²) in [5, 5.41) is 4.11. The molecule has 1 saturated heterocycles. The Morgan fingerprint density at radius 2 is 2.10 bits per heavy atom. The van der Waals surface area contributed by atoms with Gasteiger partial charge in [0.05, 0.1) is 12.6 Å². The van der Waals surface area contributed by atoms with Crippen molar-refractivity contribution in [3.05, 3.63) is 71.6 Å². The van der Waals surface area contributed by atoms with Crippen LogP contribution in [0, 0.1) is 6.92 Å². The molecule has 0 N–H and O–H groups in total. The van der Waals surface area contributed by atoms with E-state index in [9.17, 15) is 4.79 Å². The summed E-state index contributed by atoms with van der Waals surface area (Å²) in [4.78, 5) is 23.0. The first-order valence-corrected chi connectivity index (χ1v) is 9.86. The third-order valence-electron chi connectivity index (χ3n) is 5.13. The summed E-state index contributed by atoms with van der Waals surface area (Å²) in [5.74, 6) is 2.18. The molecular weight excluding hydrogens is 368 g/mol. The van der Waals surface area contributed by atoms with E-state index in [-0.39, 0.29) is 18.4 Å². The van der Waals surface area contributed by atoms with E-state index in [2.05, 4.69) is 21.2 Å². The van der Waals surface area contributed by atoms with Crippen molar-refractivity contribution in [1.82, 2.24) is 20.0 Å². The summed E-state index contributed by atoms with van der Waals surface area (Å²) >= 11 is 0. The van der Waals surface area contributed by atoms with Crippen LogP contribution >= 0.6 is 0 Å². The molecule has 0 bridgehead atoms. The molecule has 150 valence electrons. The molecule has 0 unspecified atom stereocenters. The van der Waals surface area contributed by atoms with Gasteiger partial charge in [0, 0.05) is 25.2 Å². The first kappa shape index (κ1) is 19.1. The molecule has 0 aliphatic carbocycles. The van der Waals surface area contributed by atoms with Crippen molar-refractivity contribution in [2.24, 2.45) is 0 Å². The van der Waals surface area contributed by atoms with E-state index in [0.717, 1.165) is 18.4 Å². The monoisotopic (exact) mass is 392 g/mol. The summed E-state index contributed by atoms with van der Waals surface area (Å²) in [6, 6.07) is 11.7. The molecule has 1 aromatic carbocycles. The number of carbonyl (C=O) groups excluding carboxylic acids is 1. The number of hydrogen-bond acceptors (Lipinski definition) is 6. The number of amides is 1. The maximum Gasteiger partial charge on any atom is 0.264 e. The van der Waals surface area contributed by atoms with Gasteiger partial charge < -0.3 is 14.2 Å². The molecule has 7 nitrogen and oxygen atoms in total. The minimum Gasteiger partial charge on any atom is -0.482 e. The smallest absolute Gasteiger partial charge is 0.264 e. The maximum absolute atomic E-state index is 12.6. The van der Waals surface area contributed by atoms with Gasteiger partial charge in [0.15, 0.2) is 12.4 Å². The fourth-order valence-corrected chi connectivity index (χ4v) is 3.57. The van der Waals surface area contributed by atoms with Crippen LogP contribution in [0.5, 0.6) is 5.75 Å². The molecule has 4 rings (SSSR count). The Labute approximate surface area is 169 Å². The van der Waals surface area contributed by atoms with Crippen LogP contribution < -0.4 is 4.74 Å².